The van der Waals surface area contributed by atoms with Crippen molar-refractivity contribution < 1.29 is 4.39 Å². The normalized spacial score (nSPS) is 13.7. The fraction of sp³-hybridized carbons (Fsp3) is 0.600. The Bertz CT molecular complexity index is 390. The van der Waals surface area contributed by atoms with Gasteiger partial charge in [0.05, 0.1) is 0 Å². The Hall–Kier alpha value is -0.410. The molecule has 1 aromatic carbocycles. The summed E-state index contributed by atoms with van der Waals surface area (Å²) in [6.45, 7) is 9.76. The third-order valence-corrected chi connectivity index (χ3v) is 4.51. The van der Waals surface area contributed by atoms with Crippen molar-refractivity contribution >= 4 is 15.9 Å². The van der Waals surface area contributed by atoms with Crippen molar-refractivity contribution in [3.05, 3.63) is 34.1 Å². The van der Waals surface area contributed by atoms with Crippen LogP contribution in [0.15, 0.2) is 22.7 Å². The summed E-state index contributed by atoms with van der Waals surface area (Å²) in [4.78, 5) is 0. The van der Waals surface area contributed by atoms with Crippen LogP contribution < -0.4 is 5.32 Å². The SMILES string of the molecule is CCNC(Cc1cc(F)ccc1Br)C(C)(C)CC. The van der Waals surface area contributed by atoms with Crippen LogP contribution in [0.4, 0.5) is 4.39 Å². The molecular weight excluding hydrogens is 293 g/mol. The van der Waals surface area contributed by atoms with E-state index in [0.717, 1.165) is 29.4 Å². The Balaban J connectivity index is 2.93. The summed E-state index contributed by atoms with van der Waals surface area (Å²) >= 11 is 3.50. The van der Waals surface area contributed by atoms with Crippen LogP contribution >= 0.6 is 15.9 Å². The smallest absolute Gasteiger partial charge is 0.123 e. The number of likely N-dealkylation sites (N-methyl/N-ethyl adjacent to an activating group) is 1. The van der Waals surface area contributed by atoms with Crippen molar-refractivity contribution in [3.8, 4) is 0 Å². The van der Waals surface area contributed by atoms with Crippen molar-refractivity contribution in [2.75, 3.05) is 6.54 Å². The molecule has 0 bridgehead atoms. The van der Waals surface area contributed by atoms with Crippen LogP contribution in [-0.2, 0) is 6.42 Å². The van der Waals surface area contributed by atoms with Crippen LogP contribution in [0.1, 0.15) is 39.7 Å². The molecule has 3 heteroatoms. The van der Waals surface area contributed by atoms with E-state index in [4.69, 9.17) is 0 Å². The number of nitrogens with one attached hydrogen (secondary N) is 1. The minimum Gasteiger partial charge on any atom is -0.313 e. The van der Waals surface area contributed by atoms with Crippen LogP contribution in [0.25, 0.3) is 0 Å². The Morgan fingerprint density at radius 1 is 1.33 bits per heavy atom. The standard InChI is InChI=1S/C15H23BrFN/c1-5-15(3,4)14(18-6-2)10-11-9-12(17)7-8-13(11)16/h7-9,14,18H,5-6,10H2,1-4H3. The van der Waals surface area contributed by atoms with E-state index in [0.29, 0.717) is 6.04 Å². The molecule has 0 saturated carbocycles. The number of halogens is 2. The summed E-state index contributed by atoms with van der Waals surface area (Å²) in [5, 5.41) is 3.53. The molecule has 0 fully saturated rings. The number of benzene rings is 1. The quantitative estimate of drug-likeness (QED) is 0.812. The molecule has 0 saturated heterocycles. The minimum atomic E-state index is -0.169. The van der Waals surface area contributed by atoms with Crippen molar-refractivity contribution in [2.45, 2.75) is 46.6 Å². The second-order valence-corrected chi connectivity index (χ2v) is 6.25. The summed E-state index contributed by atoms with van der Waals surface area (Å²) in [7, 11) is 0. The average Bonchev–Trinajstić information content (AvgIpc) is 2.33. The van der Waals surface area contributed by atoms with E-state index >= 15 is 0 Å². The van der Waals surface area contributed by atoms with E-state index in [1.165, 1.54) is 6.07 Å². The topological polar surface area (TPSA) is 12.0 Å². The average molecular weight is 316 g/mol. The van der Waals surface area contributed by atoms with E-state index in [2.05, 4.69) is 48.9 Å². The van der Waals surface area contributed by atoms with Gasteiger partial charge in [0.15, 0.2) is 0 Å². The fourth-order valence-corrected chi connectivity index (χ4v) is 2.45. The fourth-order valence-electron chi connectivity index (χ4n) is 2.04. The van der Waals surface area contributed by atoms with Gasteiger partial charge < -0.3 is 5.32 Å². The third kappa shape index (κ3) is 4.06. The highest BCUT2D eigenvalue weighted by Crippen LogP contribution is 2.29. The lowest BCUT2D eigenvalue weighted by Crippen LogP contribution is -2.43. The summed E-state index contributed by atoms with van der Waals surface area (Å²) in [6.07, 6.45) is 1.94. The van der Waals surface area contributed by atoms with Gasteiger partial charge in [-0.05, 0) is 48.6 Å². The lowest BCUT2D eigenvalue weighted by atomic mass is 9.79. The molecule has 0 radical (unpaired) electrons. The van der Waals surface area contributed by atoms with E-state index in [1.54, 1.807) is 12.1 Å². The van der Waals surface area contributed by atoms with Gasteiger partial charge in [0.1, 0.15) is 5.82 Å². The molecule has 0 aromatic heterocycles. The van der Waals surface area contributed by atoms with E-state index in [1.807, 2.05) is 0 Å². The summed E-state index contributed by atoms with van der Waals surface area (Å²) in [5.41, 5.74) is 1.23. The van der Waals surface area contributed by atoms with Gasteiger partial charge in [-0.25, -0.2) is 4.39 Å². The van der Waals surface area contributed by atoms with Gasteiger partial charge in [0, 0.05) is 10.5 Å². The Morgan fingerprint density at radius 2 is 2.00 bits per heavy atom. The van der Waals surface area contributed by atoms with Gasteiger partial charge in [0.2, 0.25) is 0 Å². The maximum absolute atomic E-state index is 13.3. The molecule has 1 unspecified atom stereocenters. The number of rotatable bonds is 6. The predicted molar refractivity (Wildman–Crippen MR) is 79.3 cm³/mol. The van der Waals surface area contributed by atoms with Crippen LogP contribution in [0.3, 0.4) is 0 Å². The second kappa shape index (κ2) is 6.67. The highest BCUT2D eigenvalue weighted by molar-refractivity contribution is 9.10. The number of hydrogen-bond acceptors (Lipinski definition) is 1. The first-order valence-electron chi connectivity index (χ1n) is 6.58. The Kier molecular flexibility index (Phi) is 5.80. The molecule has 1 N–H and O–H groups in total. The first kappa shape index (κ1) is 15.6. The van der Waals surface area contributed by atoms with Crippen molar-refractivity contribution in [3.63, 3.8) is 0 Å². The molecule has 1 nitrogen and oxygen atoms in total. The van der Waals surface area contributed by atoms with Crippen molar-refractivity contribution in [1.82, 2.24) is 5.32 Å². The van der Waals surface area contributed by atoms with Crippen LogP contribution in [0, 0.1) is 11.2 Å². The van der Waals surface area contributed by atoms with Gasteiger partial charge in [-0.15, -0.1) is 0 Å². The van der Waals surface area contributed by atoms with Crippen LogP contribution in [-0.4, -0.2) is 12.6 Å². The van der Waals surface area contributed by atoms with Gasteiger partial charge in [-0.2, -0.15) is 0 Å². The molecular formula is C15H23BrFN. The molecule has 18 heavy (non-hydrogen) atoms. The zero-order valence-corrected chi connectivity index (χ0v) is 13.3. The lowest BCUT2D eigenvalue weighted by molar-refractivity contribution is 0.232. The van der Waals surface area contributed by atoms with E-state index in [-0.39, 0.29) is 11.2 Å². The Labute approximate surface area is 118 Å². The summed E-state index contributed by atoms with van der Waals surface area (Å²) in [5.74, 6) is -0.169. The number of hydrogen-bond donors (Lipinski definition) is 1. The molecule has 0 aliphatic carbocycles. The first-order chi connectivity index (χ1) is 8.40. The predicted octanol–water partition coefficient (Wildman–Crippen LogP) is 4.55. The third-order valence-electron chi connectivity index (χ3n) is 3.74. The molecule has 0 spiro atoms. The zero-order valence-electron chi connectivity index (χ0n) is 11.7. The van der Waals surface area contributed by atoms with Crippen molar-refractivity contribution in [1.29, 1.82) is 0 Å². The van der Waals surface area contributed by atoms with Gasteiger partial charge in [0.25, 0.3) is 0 Å². The first-order valence-corrected chi connectivity index (χ1v) is 7.37. The molecule has 0 amide bonds. The molecule has 1 aromatic rings. The van der Waals surface area contributed by atoms with Gasteiger partial charge in [-0.1, -0.05) is 43.6 Å². The van der Waals surface area contributed by atoms with Gasteiger partial charge >= 0.3 is 0 Å². The highest BCUT2D eigenvalue weighted by atomic mass is 79.9. The monoisotopic (exact) mass is 315 g/mol. The zero-order chi connectivity index (χ0) is 13.8. The lowest BCUT2D eigenvalue weighted by Gasteiger charge is -2.34. The Morgan fingerprint density at radius 3 is 2.56 bits per heavy atom. The van der Waals surface area contributed by atoms with Crippen LogP contribution in [0.5, 0.6) is 0 Å². The van der Waals surface area contributed by atoms with E-state index < -0.39 is 0 Å². The maximum atomic E-state index is 13.3. The molecule has 0 aliphatic rings. The highest BCUT2D eigenvalue weighted by Gasteiger charge is 2.27. The molecule has 0 aliphatic heterocycles. The maximum Gasteiger partial charge on any atom is 0.123 e. The molecule has 1 atom stereocenters. The summed E-state index contributed by atoms with van der Waals surface area (Å²) in [6, 6.07) is 5.25. The van der Waals surface area contributed by atoms with Crippen LogP contribution in [0.2, 0.25) is 0 Å². The molecule has 0 heterocycles. The van der Waals surface area contributed by atoms with Gasteiger partial charge in [-0.3, -0.25) is 0 Å². The second-order valence-electron chi connectivity index (χ2n) is 5.39. The molecule has 102 valence electrons. The summed E-state index contributed by atoms with van der Waals surface area (Å²) < 4.78 is 14.3. The largest absolute Gasteiger partial charge is 0.313 e. The van der Waals surface area contributed by atoms with E-state index in [9.17, 15) is 4.39 Å². The minimum absolute atomic E-state index is 0.169. The molecule has 1 rings (SSSR count). The van der Waals surface area contributed by atoms with Crippen molar-refractivity contribution in [2.24, 2.45) is 5.41 Å².